The van der Waals surface area contributed by atoms with Crippen molar-refractivity contribution in [3.05, 3.63) is 0 Å². The Balaban J connectivity index is 2.34. The van der Waals surface area contributed by atoms with Crippen molar-refractivity contribution < 1.29 is 0 Å². The van der Waals surface area contributed by atoms with Crippen molar-refractivity contribution in [2.24, 2.45) is 17.1 Å². The van der Waals surface area contributed by atoms with Crippen LogP contribution in [0.25, 0.3) is 0 Å². The maximum absolute atomic E-state index is 5.97. The van der Waals surface area contributed by atoms with Crippen LogP contribution in [0.2, 0.25) is 0 Å². The van der Waals surface area contributed by atoms with E-state index in [0.29, 0.717) is 11.5 Å². The van der Waals surface area contributed by atoms with Crippen LogP contribution in [0.15, 0.2) is 0 Å². The van der Waals surface area contributed by atoms with Crippen LogP contribution in [-0.4, -0.2) is 30.6 Å². The first-order valence-corrected chi connectivity index (χ1v) is 5.91. The summed E-state index contributed by atoms with van der Waals surface area (Å²) in [7, 11) is 0. The van der Waals surface area contributed by atoms with E-state index >= 15 is 0 Å². The quantitative estimate of drug-likeness (QED) is 0.752. The zero-order valence-electron chi connectivity index (χ0n) is 10.2. The van der Waals surface area contributed by atoms with Crippen LogP contribution in [-0.2, 0) is 0 Å². The second-order valence-corrected chi connectivity index (χ2v) is 5.78. The lowest BCUT2D eigenvalue weighted by molar-refractivity contribution is 0.223. The monoisotopic (exact) mass is 198 g/mol. The molecule has 0 aromatic carbocycles. The van der Waals surface area contributed by atoms with Crippen LogP contribution in [0.1, 0.15) is 40.5 Å². The highest BCUT2D eigenvalue weighted by Crippen LogP contribution is 2.33. The lowest BCUT2D eigenvalue weighted by Crippen LogP contribution is -2.36. The van der Waals surface area contributed by atoms with E-state index in [1.807, 2.05) is 0 Å². The van der Waals surface area contributed by atoms with Crippen LogP contribution in [0.5, 0.6) is 0 Å². The van der Waals surface area contributed by atoms with Gasteiger partial charge in [-0.15, -0.1) is 0 Å². The standard InChI is InChI=1S/C12H26N2/c1-5-11(13)9-14-7-6-10(8-14)12(2,3)4/h10-11H,5-9,13H2,1-4H3. The molecule has 0 amide bonds. The Kier molecular flexibility index (Phi) is 3.96. The predicted octanol–water partition coefficient (Wildman–Crippen LogP) is 2.09. The van der Waals surface area contributed by atoms with Gasteiger partial charge in [0.25, 0.3) is 0 Å². The maximum Gasteiger partial charge on any atom is 0.0165 e. The molecule has 0 aliphatic carbocycles. The summed E-state index contributed by atoms with van der Waals surface area (Å²) < 4.78 is 0. The zero-order valence-corrected chi connectivity index (χ0v) is 10.2. The molecule has 2 heteroatoms. The third-order valence-electron chi connectivity index (χ3n) is 3.51. The third-order valence-corrected chi connectivity index (χ3v) is 3.51. The first-order valence-electron chi connectivity index (χ1n) is 5.91. The second-order valence-electron chi connectivity index (χ2n) is 5.78. The van der Waals surface area contributed by atoms with Crippen molar-refractivity contribution in [1.82, 2.24) is 4.90 Å². The van der Waals surface area contributed by atoms with Gasteiger partial charge < -0.3 is 10.6 Å². The van der Waals surface area contributed by atoms with Gasteiger partial charge in [-0.1, -0.05) is 27.7 Å². The summed E-state index contributed by atoms with van der Waals surface area (Å²) in [6, 6.07) is 0.369. The van der Waals surface area contributed by atoms with E-state index in [0.717, 1.165) is 18.9 Å². The van der Waals surface area contributed by atoms with Gasteiger partial charge in [0, 0.05) is 19.1 Å². The van der Waals surface area contributed by atoms with Gasteiger partial charge in [0.1, 0.15) is 0 Å². The predicted molar refractivity (Wildman–Crippen MR) is 62.3 cm³/mol. The van der Waals surface area contributed by atoms with Crippen LogP contribution in [0.4, 0.5) is 0 Å². The van der Waals surface area contributed by atoms with Gasteiger partial charge in [0.15, 0.2) is 0 Å². The Hall–Kier alpha value is -0.0800. The molecule has 2 atom stereocenters. The van der Waals surface area contributed by atoms with E-state index < -0.39 is 0 Å². The fourth-order valence-corrected chi connectivity index (χ4v) is 2.17. The van der Waals surface area contributed by atoms with Gasteiger partial charge in [-0.05, 0) is 30.7 Å². The van der Waals surface area contributed by atoms with E-state index in [4.69, 9.17) is 5.73 Å². The van der Waals surface area contributed by atoms with Gasteiger partial charge in [-0.25, -0.2) is 0 Å². The highest BCUT2D eigenvalue weighted by Gasteiger charge is 2.31. The molecule has 2 N–H and O–H groups in total. The summed E-state index contributed by atoms with van der Waals surface area (Å²) in [6.45, 7) is 12.8. The minimum Gasteiger partial charge on any atom is -0.327 e. The minimum absolute atomic E-state index is 0.369. The average molecular weight is 198 g/mol. The van der Waals surface area contributed by atoms with Crippen molar-refractivity contribution in [3.63, 3.8) is 0 Å². The molecule has 0 saturated carbocycles. The molecule has 1 saturated heterocycles. The van der Waals surface area contributed by atoms with Crippen molar-refractivity contribution in [3.8, 4) is 0 Å². The molecule has 0 aromatic rings. The molecule has 2 nitrogen and oxygen atoms in total. The molecule has 0 spiro atoms. The molecule has 1 fully saturated rings. The molecule has 1 heterocycles. The fourth-order valence-electron chi connectivity index (χ4n) is 2.17. The van der Waals surface area contributed by atoms with E-state index in [9.17, 15) is 0 Å². The van der Waals surface area contributed by atoms with Crippen LogP contribution in [0.3, 0.4) is 0 Å². The number of nitrogens with zero attached hydrogens (tertiary/aromatic N) is 1. The molecule has 84 valence electrons. The Morgan fingerprint density at radius 3 is 2.50 bits per heavy atom. The van der Waals surface area contributed by atoms with E-state index in [1.54, 1.807) is 0 Å². The van der Waals surface area contributed by atoms with Crippen LogP contribution >= 0.6 is 0 Å². The van der Waals surface area contributed by atoms with Gasteiger partial charge in [0.05, 0.1) is 0 Å². The average Bonchev–Trinajstić information content (AvgIpc) is 2.51. The molecule has 1 rings (SSSR count). The summed E-state index contributed by atoms with van der Waals surface area (Å²) in [6.07, 6.45) is 2.44. The maximum atomic E-state index is 5.97. The zero-order chi connectivity index (χ0) is 10.8. The highest BCUT2D eigenvalue weighted by molar-refractivity contribution is 4.84. The first-order chi connectivity index (χ1) is 6.43. The molecule has 0 radical (unpaired) electrons. The minimum atomic E-state index is 0.369. The number of nitrogens with two attached hydrogens (primary N) is 1. The van der Waals surface area contributed by atoms with Crippen molar-refractivity contribution >= 4 is 0 Å². The highest BCUT2D eigenvalue weighted by atomic mass is 15.2. The van der Waals surface area contributed by atoms with Crippen molar-refractivity contribution in [2.75, 3.05) is 19.6 Å². The molecule has 1 aliphatic rings. The SMILES string of the molecule is CCC(N)CN1CCC(C(C)(C)C)C1. The molecule has 1 aliphatic heterocycles. The Morgan fingerprint density at radius 1 is 1.43 bits per heavy atom. The normalized spacial score (nSPS) is 26.8. The molecular formula is C12H26N2. The Labute approximate surface area is 88.8 Å². The topological polar surface area (TPSA) is 29.3 Å². The molecule has 2 unspecified atom stereocenters. The third kappa shape index (κ3) is 3.25. The summed E-state index contributed by atoms with van der Waals surface area (Å²) in [5, 5.41) is 0. The number of hydrogen-bond donors (Lipinski definition) is 1. The summed E-state index contributed by atoms with van der Waals surface area (Å²) in [4.78, 5) is 2.53. The number of likely N-dealkylation sites (tertiary alicyclic amines) is 1. The summed E-state index contributed by atoms with van der Waals surface area (Å²) >= 11 is 0. The van der Waals surface area contributed by atoms with Crippen molar-refractivity contribution in [2.45, 2.75) is 46.6 Å². The molecule has 0 aromatic heterocycles. The van der Waals surface area contributed by atoms with Crippen LogP contribution in [0, 0.1) is 11.3 Å². The van der Waals surface area contributed by atoms with E-state index in [1.165, 1.54) is 19.5 Å². The van der Waals surface area contributed by atoms with Gasteiger partial charge >= 0.3 is 0 Å². The second kappa shape index (κ2) is 4.63. The van der Waals surface area contributed by atoms with Gasteiger partial charge in [0.2, 0.25) is 0 Å². The summed E-state index contributed by atoms with van der Waals surface area (Å²) in [5.41, 5.74) is 6.43. The molecule has 0 bridgehead atoms. The lowest BCUT2D eigenvalue weighted by Gasteiger charge is -2.27. The number of hydrogen-bond acceptors (Lipinski definition) is 2. The Morgan fingerprint density at radius 2 is 2.07 bits per heavy atom. The molecular weight excluding hydrogens is 172 g/mol. The lowest BCUT2D eigenvalue weighted by atomic mass is 9.80. The van der Waals surface area contributed by atoms with Crippen molar-refractivity contribution in [1.29, 1.82) is 0 Å². The van der Waals surface area contributed by atoms with Crippen LogP contribution < -0.4 is 5.73 Å². The largest absolute Gasteiger partial charge is 0.327 e. The summed E-state index contributed by atoms with van der Waals surface area (Å²) in [5.74, 6) is 0.853. The number of rotatable bonds is 3. The van der Waals surface area contributed by atoms with E-state index in [-0.39, 0.29) is 0 Å². The molecule has 14 heavy (non-hydrogen) atoms. The van der Waals surface area contributed by atoms with Gasteiger partial charge in [-0.2, -0.15) is 0 Å². The smallest absolute Gasteiger partial charge is 0.0165 e. The van der Waals surface area contributed by atoms with Gasteiger partial charge in [-0.3, -0.25) is 0 Å². The first kappa shape index (κ1) is 12.0. The van der Waals surface area contributed by atoms with E-state index in [2.05, 4.69) is 32.6 Å². The fraction of sp³-hybridized carbons (Fsp3) is 1.00. The Bertz CT molecular complexity index is 172.